The van der Waals surface area contributed by atoms with Gasteiger partial charge in [0.1, 0.15) is 5.69 Å². The van der Waals surface area contributed by atoms with E-state index < -0.39 is 5.91 Å². The lowest BCUT2D eigenvalue weighted by atomic mass is 10.2. The van der Waals surface area contributed by atoms with E-state index in [4.69, 9.17) is 23.2 Å². The van der Waals surface area contributed by atoms with Crippen LogP contribution >= 0.6 is 23.2 Å². The van der Waals surface area contributed by atoms with Crippen LogP contribution in [0.5, 0.6) is 0 Å². The molecular formula is C17H17Cl2N3O2. The summed E-state index contributed by atoms with van der Waals surface area (Å²) in [4.78, 5) is 28.5. The molecule has 1 aromatic carbocycles. The predicted octanol–water partition coefficient (Wildman–Crippen LogP) is 4.17. The molecule has 1 atom stereocenters. The second-order valence-electron chi connectivity index (χ2n) is 5.26. The Kier molecular flexibility index (Phi) is 6.17. The van der Waals surface area contributed by atoms with Gasteiger partial charge < -0.3 is 10.6 Å². The molecule has 2 amide bonds. The molecule has 24 heavy (non-hydrogen) atoms. The minimum absolute atomic E-state index is 0.0462. The maximum atomic E-state index is 12.3. The highest BCUT2D eigenvalue weighted by Crippen LogP contribution is 2.30. The van der Waals surface area contributed by atoms with E-state index in [1.165, 1.54) is 12.3 Å². The molecule has 0 saturated heterocycles. The van der Waals surface area contributed by atoms with Crippen LogP contribution in [0.4, 0.5) is 5.69 Å². The Morgan fingerprint density at radius 3 is 2.46 bits per heavy atom. The smallest absolute Gasteiger partial charge is 0.274 e. The zero-order valence-corrected chi connectivity index (χ0v) is 14.8. The number of carbonyl (C=O) groups excluding carboxylic acids is 2. The third-order valence-electron chi connectivity index (χ3n) is 3.45. The summed E-state index contributed by atoms with van der Waals surface area (Å²) in [5, 5.41) is 6.10. The van der Waals surface area contributed by atoms with Crippen molar-refractivity contribution in [1.29, 1.82) is 0 Å². The number of amides is 2. The summed E-state index contributed by atoms with van der Waals surface area (Å²) in [6, 6.07) is 7.94. The number of halogens is 2. The van der Waals surface area contributed by atoms with Crippen LogP contribution in [0.3, 0.4) is 0 Å². The van der Waals surface area contributed by atoms with E-state index in [9.17, 15) is 9.59 Å². The Hall–Kier alpha value is -2.11. The summed E-state index contributed by atoms with van der Waals surface area (Å²) in [5.41, 5.74) is 0.769. The summed E-state index contributed by atoms with van der Waals surface area (Å²) in [5.74, 6) is -0.750. The molecule has 0 radical (unpaired) electrons. The van der Waals surface area contributed by atoms with Gasteiger partial charge in [-0.25, -0.2) is 0 Å². The molecule has 5 nitrogen and oxygen atoms in total. The third kappa shape index (κ3) is 4.46. The van der Waals surface area contributed by atoms with Crippen LogP contribution in [0.25, 0.3) is 0 Å². The summed E-state index contributed by atoms with van der Waals surface area (Å²) in [6.07, 6.45) is 2.23. The SMILES string of the molecule is CCC(C)NC(=O)c1ccnc(C(=O)Nc2c(Cl)cccc2Cl)c1. The molecule has 7 heteroatoms. The van der Waals surface area contributed by atoms with Crippen molar-refractivity contribution in [3.05, 3.63) is 57.8 Å². The van der Waals surface area contributed by atoms with Crippen LogP contribution in [0.15, 0.2) is 36.5 Å². The largest absolute Gasteiger partial charge is 0.350 e. The molecule has 0 fully saturated rings. The van der Waals surface area contributed by atoms with E-state index >= 15 is 0 Å². The number of carbonyl (C=O) groups is 2. The van der Waals surface area contributed by atoms with Crippen molar-refractivity contribution in [2.24, 2.45) is 0 Å². The van der Waals surface area contributed by atoms with Crippen molar-refractivity contribution < 1.29 is 9.59 Å². The number of rotatable bonds is 5. The summed E-state index contributed by atoms with van der Waals surface area (Å²) in [7, 11) is 0. The normalized spacial score (nSPS) is 11.7. The Bertz CT molecular complexity index is 745. The maximum absolute atomic E-state index is 12.3. The van der Waals surface area contributed by atoms with E-state index in [0.717, 1.165) is 6.42 Å². The molecule has 0 aliphatic heterocycles. The maximum Gasteiger partial charge on any atom is 0.274 e. The predicted molar refractivity (Wildman–Crippen MR) is 95.9 cm³/mol. The number of anilines is 1. The monoisotopic (exact) mass is 365 g/mol. The quantitative estimate of drug-likeness (QED) is 0.834. The molecule has 126 valence electrons. The van der Waals surface area contributed by atoms with E-state index in [-0.39, 0.29) is 17.6 Å². The van der Waals surface area contributed by atoms with Crippen LogP contribution in [-0.2, 0) is 0 Å². The minimum Gasteiger partial charge on any atom is -0.350 e. The van der Waals surface area contributed by atoms with Gasteiger partial charge >= 0.3 is 0 Å². The number of benzene rings is 1. The lowest BCUT2D eigenvalue weighted by Crippen LogP contribution is -2.32. The number of aromatic nitrogens is 1. The highest BCUT2D eigenvalue weighted by Gasteiger charge is 2.15. The van der Waals surface area contributed by atoms with Crippen molar-refractivity contribution in [1.82, 2.24) is 10.3 Å². The highest BCUT2D eigenvalue weighted by molar-refractivity contribution is 6.40. The number of nitrogens with one attached hydrogen (secondary N) is 2. The fraction of sp³-hybridized carbons (Fsp3) is 0.235. The van der Waals surface area contributed by atoms with E-state index in [1.807, 2.05) is 13.8 Å². The minimum atomic E-state index is -0.497. The van der Waals surface area contributed by atoms with E-state index in [0.29, 0.717) is 21.3 Å². The first-order valence-electron chi connectivity index (χ1n) is 7.44. The molecule has 1 unspecified atom stereocenters. The number of hydrogen-bond acceptors (Lipinski definition) is 3. The molecule has 0 aliphatic carbocycles. The fourth-order valence-corrected chi connectivity index (χ4v) is 2.39. The van der Waals surface area contributed by atoms with Gasteiger partial charge in [-0.2, -0.15) is 0 Å². The highest BCUT2D eigenvalue weighted by atomic mass is 35.5. The van der Waals surface area contributed by atoms with Crippen molar-refractivity contribution in [2.45, 2.75) is 26.3 Å². The fourth-order valence-electron chi connectivity index (χ4n) is 1.90. The first-order chi connectivity index (χ1) is 11.4. The average Bonchev–Trinajstić information content (AvgIpc) is 2.58. The number of hydrogen-bond donors (Lipinski definition) is 2. The molecule has 2 rings (SSSR count). The summed E-state index contributed by atoms with van der Waals surface area (Å²) < 4.78 is 0. The first-order valence-corrected chi connectivity index (χ1v) is 8.20. The number of pyridine rings is 1. The Morgan fingerprint density at radius 2 is 1.83 bits per heavy atom. The average molecular weight is 366 g/mol. The van der Waals surface area contributed by atoms with Crippen LogP contribution < -0.4 is 10.6 Å². The second-order valence-corrected chi connectivity index (χ2v) is 6.08. The zero-order valence-electron chi connectivity index (χ0n) is 13.3. The molecule has 2 aromatic rings. The second kappa shape index (κ2) is 8.13. The topological polar surface area (TPSA) is 71.1 Å². The van der Waals surface area contributed by atoms with Gasteiger partial charge in [-0.3, -0.25) is 14.6 Å². The van der Waals surface area contributed by atoms with E-state index in [2.05, 4.69) is 15.6 Å². The third-order valence-corrected chi connectivity index (χ3v) is 4.08. The first kappa shape index (κ1) is 18.2. The van der Waals surface area contributed by atoms with Crippen molar-refractivity contribution in [3.8, 4) is 0 Å². The van der Waals surface area contributed by atoms with Crippen LogP contribution in [0.1, 0.15) is 41.1 Å². The Labute approximate surface area is 150 Å². The number of para-hydroxylation sites is 1. The lowest BCUT2D eigenvalue weighted by Gasteiger charge is -2.12. The van der Waals surface area contributed by atoms with Crippen molar-refractivity contribution >= 4 is 40.7 Å². The Balaban J connectivity index is 2.19. The number of nitrogens with zero attached hydrogens (tertiary/aromatic N) is 1. The molecule has 0 aliphatic rings. The van der Waals surface area contributed by atoms with Crippen LogP contribution in [0.2, 0.25) is 10.0 Å². The van der Waals surface area contributed by atoms with Gasteiger partial charge in [-0.05, 0) is 37.6 Å². The Morgan fingerprint density at radius 1 is 1.17 bits per heavy atom. The summed E-state index contributed by atoms with van der Waals surface area (Å²) >= 11 is 12.1. The van der Waals surface area contributed by atoms with Crippen LogP contribution in [0, 0.1) is 0 Å². The van der Waals surface area contributed by atoms with Crippen molar-refractivity contribution in [3.63, 3.8) is 0 Å². The van der Waals surface area contributed by atoms with Crippen LogP contribution in [-0.4, -0.2) is 22.8 Å². The molecule has 1 aromatic heterocycles. The van der Waals surface area contributed by atoms with Gasteiger partial charge in [0.25, 0.3) is 11.8 Å². The molecule has 0 saturated carbocycles. The molecular weight excluding hydrogens is 349 g/mol. The van der Waals surface area contributed by atoms with E-state index in [1.54, 1.807) is 24.3 Å². The summed E-state index contributed by atoms with van der Waals surface area (Å²) in [6.45, 7) is 3.88. The molecule has 0 bridgehead atoms. The van der Waals surface area contributed by atoms with Gasteiger partial charge in [-0.1, -0.05) is 36.2 Å². The van der Waals surface area contributed by atoms with Crippen molar-refractivity contribution in [2.75, 3.05) is 5.32 Å². The molecule has 0 spiro atoms. The van der Waals surface area contributed by atoms with Gasteiger partial charge in [-0.15, -0.1) is 0 Å². The van der Waals surface area contributed by atoms with Gasteiger partial charge in [0.15, 0.2) is 0 Å². The zero-order chi connectivity index (χ0) is 17.7. The van der Waals surface area contributed by atoms with Gasteiger partial charge in [0.05, 0.1) is 15.7 Å². The standard InChI is InChI=1S/C17H17Cl2N3O2/c1-3-10(2)21-16(23)11-7-8-20-14(9-11)17(24)22-15-12(18)5-4-6-13(15)19/h4-10H,3H2,1-2H3,(H,21,23)(H,22,24). The van der Waals surface area contributed by atoms with Gasteiger partial charge in [0, 0.05) is 17.8 Å². The molecule has 1 heterocycles. The van der Waals surface area contributed by atoms with Gasteiger partial charge in [0.2, 0.25) is 0 Å². The lowest BCUT2D eigenvalue weighted by molar-refractivity contribution is 0.0939. The molecule has 2 N–H and O–H groups in total.